The Bertz CT molecular complexity index is 141. The molecular weight excluding hydrogens is 146 g/mol. The SMILES string of the molecule is CC(C)N(C(=O)S)C1CC1. The molecule has 0 saturated heterocycles. The molecule has 0 bridgehead atoms. The number of rotatable bonds is 2. The van der Waals surface area contributed by atoms with Crippen LogP contribution in [-0.4, -0.2) is 22.2 Å². The Morgan fingerprint density at radius 2 is 2.10 bits per heavy atom. The van der Waals surface area contributed by atoms with Gasteiger partial charge in [0, 0.05) is 12.1 Å². The van der Waals surface area contributed by atoms with Crippen LogP contribution in [0.25, 0.3) is 0 Å². The highest BCUT2D eigenvalue weighted by Crippen LogP contribution is 2.29. The summed E-state index contributed by atoms with van der Waals surface area (Å²) >= 11 is 3.80. The van der Waals surface area contributed by atoms with Crippen molar-refractivity contribution in [1.82, 2.24) is 4.90 Å². The molecule has 0 aromatic rings. The molecule has 0 heterocycles. The topological polar surface area (TPSA) is 20.3 Å². The number of nitrogens with zero attached hydrogens (tertiary/aromatic N) is 1. The van der Waals surface area contributed by atoms with Gasteiger partial charge in [0.2, 0.25) is 0 Å². The first-order chi connectivity index (χ1) is 4.63. The van der Waals surface area contributed by atoms with Gasteiger partial charge >= 0.3 is 0 Å². The average molecular weight is 159 g/mol. The van der Waals surface area contributed by atoms with E-state index in [1.807, 2.05) is 18.7 Å². The van der Waals surface area contributed by atoms with Gasteiger partial charge in [-0.2, -0.15) is 0 Å². The van der Waals surface area contributed by atoms with Gasteiger partial charge in [-0.25, -0.2) is 0 Å². The van der Waals surface area contributed by atoms with Gasteiger partial charge in [0.05, 0.1) is 0 Å². The number of thiol groups is 1. The lowest BCUT2D eigenvalue weighted by atomic mass is 10.3. The van der Waals surface area contributed by atoms with Gasteiger partial charge in [0.25, 0.3) is 5.24 Å². The van der Waals surface area contributed by atoms with Crippen LogP contribution in [0.4, 0.5) is 4.79 Å². The van der Waals surface area contributed by atoms with Crippen LogP contribution in [0.1, 0.15) is 26.7 Å². The average Bonchev–Trinajstić information content (AvgIpc) is 2.46. The monoisotopic (exact) mass is 159 g/mol. The molecule has 0 aromatic carbocycles. The third kappa shape index (κ3) is 1.66. The zero-order valence-corrected chi connectivity index (χ0v) is 7.27. The van der Waals surface area contributed by atoms with E-state index in [2.05, 4.69) is 12.6 Å². The molecule has 0 unspecified atom stereocenters. The van der Waals surface area contributed by atoms with Gasteiger partial charge in [-0.3, -0.25) is 4.79 Å². The lowest BCUT2D eigenvalue weighted by molar-refractivity contribution is 0.205. The fraction of sp³-hybridized carbons (Fsp3) is 0.857. The molecule has 0 N–H and O–H groups in total. The highest BCUT2D eigenvalue weighted by molar-refractivity contribution is 7.96. The standard InChI is InChI=1S/C7H13NOS/c1-5(2)8(7(9)10)6-3-4-6/h5-6H,3-4H2,1-2H3,(H,9,10). The first-order valence-electron chi connectivity index (χ1n) is 3.64. The van der Waals surface area contributed by atoms with Crippen molar-refractivity contribution < 1.29 is 4.79 Å². The molecule has 0 radical (unpaired) electrons. The molecule has 0 spiro atoms. The summed E-state index contributed by atoms with van der Waals surface area (Å²) in [5.41, 5.74) is 0. The maximum atomic E-state index is 10.9. The van der Waals surface area contributed by atoms with E-state index in [4.69, 9.17) is 0 Å². The van der Waals surface area contributed by atoms with Crippen LogP contribution < -0.4 is 0 Å². The highest BCUT2D eigenvalue weighted by Gasteiger charge is 2.32. The second-order valence-corrected chi connectivity index (χ2v) is 3.40. The predicted molar refractivity (Wildman–Crippen MR) is 44.4 cm³/mol. The molecular formula is C7H13NOS. The molecule has 10 heavy (non-hydrogen) atoms. The van der Waals surface area contributed by atoms with Crippen LogP contribution >= 0.6 is 12.6 Å². The molecule has 0 aromatic heterocycles. The lowest BCUT2D eigenvalue weighted by Gasteiger charge is -2.23. The summed E-state index contributed by atoms with van der Waals surface area (Å²) in [5, 5.41) is -0.0856. The van der Waals surface area contributed by atoms with Crippen molar-refractivity contribution in [1.29, 1.82) is 0 Å². The second-order valence-electron chi connectivity index (χ2n) is 3.01. The molecule has 1 fully saturated rings. The Kier molecular flexibility index (Phi) is 2.24. The van der Waals surface area contributed by atoms with Gasteiger partial charge in [-0.05, 0) is 26.7 Å². The fourth-order valence-corrected chi connectivity index (χ4v) is 1.55. The highest BCUT2D eigenvalue weighted by atomic mass is 32.1. The van der Waals surface area contributed by atoms with Crippen LogP contribution in [0.3, 0.4) is 0 Å². The van der Waals surface area contributed by atoms with Crippen molar-refractivity contribution in [3.05, 3.63) is 0 Å². The van der Waals surface area contributed by atoms with Gasteiger partial charge in [-0.15, -0.1) is 0 Å². The van der Waals surface area contributed by atoms with Crippen LogP contribution in [0.2, 0.25) is 0 Å². The summed E-state index contributed by atoms with van der Waals surface area (Å²) in [6.45, 7) is 4.04. The zero-order chi connectivity index (χ0) is 7.72. The number of carbonyl (C=O) groups is 1. The molecule has 3 heteroatoms. The van der Waals surface area contributed by atoms with Gasteiger partial charge < -0.3 is 4.90 Å². The van der Waals surface area contributed by atoms with E-state index in [9.17, 15) is 4.79 Å². The maximum Gasteiger partial charge on any atom is 0.279 e. The van der Waals surface area contributed by atoms with Crippen LogP contribution in [0.5, 0.6) is 0 Å². The number of carbonyl (C=O) groups excluding carboxylic acids is 1. The molecule has 0 aliphatic heterocycles. The van der Waals surface area contributed by atoms with Crippen molar-refractivity contribution >= 4 is 17.9 Å². The summed E-state index contributed by atoms with van der Waals surface area (Å²) in [6.07, 6.45) is 2.31. The first-order valence-corrected chi connectivity index (χ1v) is 4.09. The summed E-state index contributed by atoms with van der Waals surface area (Å²) in [5.74, 6) is 0. The Labute approximate surface area is 67.0 Å². The minimum atomic E-state index is -0.0856. The molecule has 1 rings (SSSR count). The molecule has 1 aliphatic rings. The van der Waals surface area contributed by atoms with E-state index >= 15 is 0 Å². The Morgan fingerprint density at radius 3 is 2.20 bits per heavy atom. The van der Waals surface area contributed by atoms with E-state index in [1.165, 1.54) is 0 Å². The number of hydrogen-bond acceptors (Lipinski definition) is 1. The van der Waals surface area contributed by atoms with E-state index < -0.39 is 0 Å². The minimum Gasteiger partial charge on any atom is -0.328 e. The van der Waals surface area contributed by atoms with Crippen molar-refractivity contribution in [2.24, 2.45) is 0 Å². The predicted octanol–water partition coefficient (Wildman–Crippen LogP) is 1.91. The van der Waals surface area contributed by atoms with E-state index in [0.717, 1.165) is 12.8 Å². The van der Waals surface area contributed by atoms with Gasteiger partial charge in [0.15, 0.2) is 0 Å². The minimum absolute atomic E-state index is 0.0856. The van der Waals surface area contributed by atoms with Gasteiger partial charge in [0.1, 0.15) is 0 Å². The van der Waals surface area contributed by atoms with Crippen LogP contribution in [-0.2, 0) is 0 Å². The van der Waals surface area contributed by atoms with Crippen LogP contribution in [0, 0.1) is 0 Å². The lowest BCUT2D eigenvalue weighted by Crippen LogP contribution is -2.34. The number of hydrogen-bond donors (Lipinski definition) is 1. The third-order valence-electron chi connectivity index (χ3n) is 1.72. The summed E-state index contributed by atoms with van der Waals surface area (Å²) in [7, 11) is 0. The molecule has 1 aliphatic carbocycles. The van der Waals surface area contributed by atoms with E-state index in [-0.39, 0.29) is 5.24 Å². The summed E-state index contributed by atoms with van der Waals surface area (Å²) in [4.78, 5) is 12.7. The largest absolute Gasteiger partial charge is 0.328 e. The summed E-state index contributed by atoms with van der Waals surface area (Å²) < 4.78 is 0. The van der Waals surface area contributed by atoms with Crippen molar-refractivity contribution in [2.45, 2.75) is 38.8 Å². The molecule has 58 valence electrons. The van der Waals surface area contributed by atoms with E-state index in [0.29, 0.717) is 12.1 Å². The number of amides is 1. The first kappa shape index (κ1) is 7.92. The normalized spacial score (nSPS) is 17.6. The zero-order valence-electron chi connectivity index (χ0n) is 6.37. The Morgan fingerprint density at radius 1 is 1.60 bits per heavy atom. The third-order valence-corrected chi connectivity index (χ3v) is 1.95. The van der Waals surface area contributed by atoms with Crippen molar-refractivity contribution in [2.75, 3.05) is 0 Å². The molecule has 1 amide bonds. The van der Waals surface area contributed by atoms with Gasteiger partial charge in [-0.1, -0.05) is 12.6 Å². The fourth-order valence-electron chi connectivity index (χ4n) is 1.15. The Balaban J connectivity index is 2.49. The van der Waals surface area contributed by atoms with Crippen molar-refractivity contribution in [3.8, 4) is 0 Å². The summed E-state index contributed by atoms with van der Waals surface area (Å²) in [6, 6.07) is 0.794. The van der Waals surface area contributed by atoms with E-state index in [1.54, 1.807) is 0 Å². The Hall–Kier alpha value is -0.180. The van der Waals surface area contributed by atoms with Crippen LogP contribution in [0.15, 0.2) is 0 Å². The molecule has 1 saturated carbocycles. The molecule has 0 atom stereocenters. The second kappa shape index (κ2) is 2.82. The molecule has 2 nitrogen and oxygen atoms in total. The quantitative estimate of drug-likeness (QED) is 0.610. The maximum absolute atomic E-state index is 10.9. The smallest absolute Gasteiger partial charge is 0.279 e. The van der Waals surface area contributed by atoms with Crippen molar-refractivity contribution in [3.63, 3.8) is 0 Å².